The third kappa shape index (κ3) is 2.98. The van der Waals surface area contributed by atoms with Crippen LogP contribution in [0.5, 0.6) is 0 Å². The second kappa shape index (κ2) is 5.35. The van der Waals surface area contributed by atoms with E-state index in [-0.39, 0.29) is 0 Å². The molecule has 0 heterocycles. The van der Waals surface area contributed by atoms with Gasteiger partial charge in [0.1, 0.15) is 0 Å². The van der Waals surface area contributed by atoms with Gasteiger partial charge in [0.25, 0.3) is 0 Å². The van der Waals surface area contributed by atoms with E-state index in [9.17, 15) is 0 Å². The Bertz CT molecular complexity index is 211. The van der Waals surface area contributed by atoms with Gasteiger partial charge in [-0.2, -0.15) is 0 Å². The van der Waals surface area contributed by atoms with Gasteiger partial charge in [-0.1, -0.05) is 43.6 Å². The average Bonchev–Trinajstić information content (AvgIpc) is 2.29. The van der Waals surface area contributed by atoms with E-state index in [4.69, 9.17) is 4.74 Å². The second-order valence-corrected chi connectivity index (χ2v) is 4.40. The van der Waals surface area contributed by atoms with E-state index in [0.29, 0.717) is 12.0 Å². The lowest BCUT2D eigenvalue weighted by Gasteiger charge is -2.24. The van der Waals surface area contributed by atoms with Crippen LogP contribution in [0.2, 0.25) is 0 Å². The van der Waals surface area contributed by atoms with E-state index in [1.165, 1.54) is 32.1 Å². The zero-order valence-electron chi connectivity index (χ0n) is 8.82. The van der Waals surface area contributed by atoms with Crippen molar-refractivity contribution in [3.05, 3.63) is 24.3 Å². The standard InChI is InChI=1S/C13H20O/c1-3-7-12(8-4-1)11-14-13-9-5-2-6-10-13/h1,3-4,7,12-13H,2,5-6,8-11H2. The van der Waals surface area contributed by atoms with Gasteiger partial charge < -0.3 is 4.74 Å². The van der Waals surface area contributed by atoms with Crippen LogP contribution in [0.3, 0.4) is 0 Å². The molecule has 0 spiro atoms. The number of ether oxygens (including phenoxy) is 1. The van der Waals surface area contributed by atoms with E-state index in [1.807, 2.05) is 0 Å². The summed E-state index contributed by atoms with van der Waals surface area (Å²) in [6.45, 7) is 0.922. The van der Waals surface area contributed by atoms with Gasteiger partial charge in [-0.25, -0.2) is 0 Å². The molecule has 0 aromatic heterocycles. The minimum absolute atomic E-state index is 0.558. The Morgan fingerprint density at radius 1 is 1.07 bits per heavy atom. The third-order valence-electron chi connectivity index (χ3n) is 3.17. The molecule has 2 rings (SSSR count). The Balaban J connectivity index is 1.66. The molecule has 0 radical (unpaired) electrons. The molecule has 78 valence electrons. The molecule has 2 aliphatic carbocycles. The highest BCUT2D eigenvalue weighted by molar-refractivity contribution is 5.10. The first kappa shape index (κ1) is 9.97. The van der Waals surface area contributed by atoms with Crippen molar-refractivity contribution in [2.45, 2.75) is 44.6 Å². The van der Waals surface area contributed by atoms with Crippen molar-refractivity contribution < 1.29 is 4.74 Å². The summed E-state index contributed by atoms with van der Waals surface area (Å²) >= 11 is 0. The van der Waals surface area contributed by atoms with Gasteiger partial charge in [0.05, 0.1) is 12.7 Å². The van der Waals surface area contributed by atoms with Gasteiger partial charge in [0.15, 0.2) is 0 Å². The number of hydrogen-bond acceptors (Lipinski definition) is 1. The molecule has 1 atom stereocenters. The molecule has 14 heavy (non-hydrogen) atoms. The molecule has 1 saturated carbocycles. The fraction of sp³-hybridized carbons (Fsp3) is 0.692. The van der Waals surface area contributed by atoms with Crippen molar-refractivity contribution >= 4 is 0 Å². The highest BCUT2D eigenvalue weighted by atomic mass is 16.5. The molecule has 0 amide bonds. The lowest BCUT2D eigenvalue weighted by atomic mass is 9.97. The topological polar surface area (TPSA) is 9.23 Å². The fourth-order valence-electron chi connectivity index (χ4n) is 2.25. The molecule has 0 N–H and O–H groups in total. The minimum atomic E-state index is 0.558. The maximum atomic E-state index is 5.94. The summed E-state index contributed by atoms with van der Waals surface area (Å²) in [5.74, 6) is 0.627. The Morgan fingerprint density at radius 3 is 2.64 bits per heavy atom. The van der Waals surface area contributed by atoms with Crippen molar-refractivity contribution in [2.75, 3.05) is 6.61 Å². The van der Waals surface area contributed by atoms with Crippen LogP contribution in [-0.4, -0.2) is 12.7 Å². The van der Waals surface area contributed by atoms with Crippen LogP contribution in [0.4, 0.5) is 0 Å². The molecule has 0 aromatic carbocycles. The van der Waals surface area contributed by atoms with Crippen LogP contribution < -0.4 is 0 Å². The zero-order valence-corrected chi connectivity index (χ0v) is 8.82. The summed E-state index contributed by atoms with van der Waals surface area (Å²) in [5, 5.41) is 0. The summed E-state index contributed by atoms with van der Waals surface area (Å²) < 4.78 is 5.94. The lowest BCUT2D eigenvalue weighted by Crippen LogP contribution is -2.20. The zero-order chi connectivity index (χ0) is 9.64. The summed E-state index contributed by atoms with van der Waals surface area (Å²) in [7, 11) is 0. The Morgan fingerprint density at radius 2 is 1.93 bits per heavy atom. The van der Waals surface area contributed by atoms with Crippen molar-refractivity contribution in [1.29, 1.82) is 0 Å². The SMILES string of the molecule is C1=CCC(COC2CCCCC2)C=C1. The van der Waals surface area contributed by atoms with E-state index >= 15 is 0 Å². The van der Waals surface area contributed by atoms with Crippen LogP contribution in [0.25, 0.3) is 0 Å². The van der Waals surface area contributed by atoms with Gasteiger partial charge >= 0.3 is 0 Å². The van der Waals surface area contributed by atoms with Crippen LogP contribution in [0.1, 0.15) is 38.5 Å². The molecule has 0 aliphatic heterocycles. The maximum Gasteiger partial charge on any atom is 0.0575 e. The van der Waals surface area contributed by atoms with Crippen LogP contribution >= 0.6 is 0 Å². The molecule has 1 unspecified atom stereocenters. The first-order chi connectivity index (χ1) is 6.95. The smallest absolute Gasteiger partial charge is 0.0575 e. The Hall–Kier alpha value is -0.560. The molecular weight excluding hydrogens is 172 g/mol. The van der Waals surface area contributed by atoms with Crippen molar-refractivity contribution in [2.24, 2.45) is 5.92 Å². The largest absolute Gasteiger partial charge is 0.378 e. The lowest BCUT2D eigenvalue weighted by molar-refractivity contribution is 0.0156. The first-order valence-electron chi connectivity index (χ1n) is 5.90. The van der Waals surface area contributed by atoms with Crippen molar-refractivity contribution in [3.8, 4) is 0 Å². The third-order valence-corrected chi connectivity index (χ3v) is 3.17. The van der Waals surface area contributed by atoms with E-state index in [1.54, 1.807) is 0 Å². The molecule has 0 aromatic rings. The average molecular weight is 192 g/mol. The second-order valence-electron chi connectivity index (χ2n) is 4.40. The van der Waals surface area contributed by atoms with Crippen LogP contribution in [-0.2, 0) is 4.74 Å². The molecule has 2 aliphatic rings. The van der Waals surface area contributed by atoms with Crippen molar-refractivity contribution in [3.63, 3.8) is 0 Å². The number of hydrogen-bond donors (Lipinski definition) is 0. The van der Waals surface area contributed by atoms with E-state index < -0.39 is 0 Å². The number of allylic oxidation sites excluding steroid dienone is 3. The summed E-state index contributed by atoms with van der Waals surface area (Å²) in [6, 6.07) is 0. The molecule has 0 saturated heterocycles. The maximum absolute atomic E-state index is 5.94. The number of rotatable bonds is 3. The van der Waals surface area contributed by atoms with Gasteiger partial charge in [-0.3, -0.25) is 0 Å². The summed E-state index contributed by atoms with van der Waals surface area (Å²) in [5.41, 5.74) is 0. The van der Waals surface area contributed by atoms with Crippen LogP contribution in [0.15, 0.2) is 24.3 Å². The van der Waals surface area contributed by atoms with Crippen molar-refractivity contribution in [1.82, 2.24) is 0 Å². The van der Waals surface area contributed by atoms with Crippen LogP contribution in [0, 0.1) is 5.92 Å². The first-order valence-corrected chi connectivity index (χ1v) is 5.90. The summed E-state index contributed by atoms with van der Waals surface area (Å²) in [4.78, 5) is 0. The molecular formula is C13H20O. The van der Waals surface area contributed by atoms with E-state index in [0.717, 1.165) is 13.0 Å². The highest BCUT2D eigenvalue weighted by Gasteiger charge is 2.15. The normalized spacial score (nSPS) is 28.1. The quantitative estimate of drug-likeness (QED) is 0.665. The van der Waals surface area contributed by atoms with Gasteiger partial charge in [0, 0.05) is 5.92 Å². The van der Waals surface area contributed by atoms with E-state index in [2.05, 4.69) is 24.3 Å². The summed E-state index contributed by atoms with van der Waals surface area (Å²) in [6.07, 6.45) is 17.2. The monoisotopic (exact) mass is 192 g/mol. The van der Waals surface area contributed by atoms with Gasteiger partial charge in [-0.05, 0) is 19.3 Å². The molecule has 0 bridgehead atoms. The fourth-order valence-corrected chi connectivity index (χ4v) is 2.25. The predicted octanol–water partition coefficient (Wildman–Crippen LogP) is 3.47. The Kier molecular flexibility index (Phi) is 3.81. The molecule has 1 fully saturated rings. The molecule has 1 heteroatoms. The Labute approximate surface area is 86.8 Å². The highest BCUT2D eigenvalue weighted by Crippen LogP contribution is 2.22. The van der Waals surface area contributed by atoms with Gasteiger partial charge in [0.2, 0.25) is 0 Å². The predicted molar refractivity (Wildman–Crippen MR) is 59.2 cm³/mol. The van der Waals surface area contributed by atoms with Gasteiger partial charge in [-0.15, -0.1) is 0 Å². The minimum Gasteiger partial charge on any atom is -0.378 e. The molecule has 1 nitrogen and oxygen atoms in total.